The molecule has 0 aromatic heterocycles. The molecule has 0 heterocycles. The highest BCUT2D eigenvalue weighted by Crippen LogP contribution is 2.18. The molecule has 0 aliphatic rings. The first-order valence-corrected chi connectivity index (χ1v) is 4.40. The van der Waals surface area contributed by atoms with E-state index in [1.54, 1.807) is 7.11 Å². The van der Waals surface area contributed by atoms with Crippen molar-refractivity contribution in [3.63, 3.8) is 0 Å². The Balaban J connectivity index is 2.66. The number of hydrogen-bond acceptors (Lipinski definition) is 2. The number of hydrogen-bond donors (Lipinski definition) is 0. The zero-order chi connectivity index (χ0) is 8.10. The second-order valence-electron chi connectivity index (χ2n) is 2.25. The third-order valence-electron chi connectivity index (χ3n) is 1.51. The standard InChI is InChI=1S/C9H12OS/c1-3-8-4-6-9(7-5-8)11-10-2/h4-7H,3H2,1-2H3. The SMILES string of the molecule is CCc1ccc(SOC)cc1. The van der Waals surface area contributed by atoms with Crippen LogP contribution in [0.1, 0.15) is 12.5 Å². The average Bonchev–Trinajstić information content (AvgIpc) is 2.07. The van der Waals surface area contributed by atoms with Crippen LogP contribution in [0.25, 0.3) is 0 Å². The van der Waals surface area contributed by atoms with E-state index in [9.17, 15) is 0 Å². The largest absolute Gasteiger partial charge is 0.314 e. The Labute approximate surface area is 72.0 Å². The van der Waals surface area contributed by atoms with Gasteiger partial charge in [-0.05, 0) is 24.1 Å². The summed E-state index contributed by atoms with van der Waals surface area (Å²) in [7, 11) is 1.68. The fraction of sp³-hybridized carbons (Fsp3) is 0.333. The van der Waals surface area contributed by atoms with Crippen molar-refractivity contribution < 1.29 is 4.18 Å². The predicted molar refractivity (Wildman–Crippen MR) is 48.7 cm³/mol. The van der Waals surface area contributed by atoms with Crippen molar-refractivity contribution in [1.82, 2.24) is 0 Å². The van der Waals surface area contributed by atoms with E-state index < -0.39 is 0 Å². The third kappa shape index (κ3) is 2.56. The van der Waals surface area contributed by atoms with Gasteiger partial charge >= 0.3 is 0 Å². The topological polar surface area (TPSA) is 9.23 Å². The molecular weight excluding hydrogens is 156 g/mol. The first kappa shape index (κ1) is 8.62. The van der Waals surface area contributed by atoms with Crippen molar-refractivity contribution in [2.45, 2.75) is 18.2 Å². The van der Waals surface area contributed by atoms with Crippen LogP contribution in [0.3, 0.4) is 0 Å². The van der Waals surface area contributed by atoms with E-state index in [2.05, 4.69) is 31.2 Å². The molecule has 0 aliphatic heterocycles. The van der Waals surface area contributed by atoms with Crippen LogP contribution in [0.4, 0.5) is 0 Å². The summed E-state index contributed by atoms with van der Waals surface area (Å²) >= 11 is 1.39. The van der Waals surface area contributed by atoms with Gasteiger partial charge in [-0.15, -0.1) is 0 Å². The molecule has 11 heavy (non-hydrogen) atoms. The molecule has 0 N–H and O–H groups in total. The van der Waals surface area contributed by atoms with Gasteiger partial charge in [0, 0.05) is 16.9 Å². The molecule has 2 heteroatoms. The molecule has 1 nitrogen and oxygen atoms in total. The highest BCUT2D eigenvalue weighted by Gasteiger charge is 1.91. The van der Waals surface area contributed by atoms with Gasteiger partial charge in [0.25, 0.3) is 0 Å². The lowest BCUT2D eigenvalue weighted by Gasteiger charge is -1.98. The Kier molecular flexibility index (Phi) is 3.46. The normalized spacial score (nSPS) is 10.0. The number of rotatable bonds is 3. The molecule has 0 radical (unpaired) electrons. The lowest BCUT2D eigenvalue weighted by Crippen LogP contribution is -1.78. The molecule has 0 unspecified atom stereocenters. The highest BCUT2D eigenvalue weighted by atomic mass is 32.2. The van der Waals surface area contributed by atoms with Gasteiger partial charge in [-0.3, -0.25) is 0 Å². The first-order chi connectivity index (χ1) is 5.36. The Morgan fingerprint density at radius 3 is 2.36 bits per heavy atom. The lowest BCUT2D eigenvalue weighted by molar-refractivity contribution is 0.490. The molecule has 0 aliphatic carbocycles. The molecule has 0 saturated heterocycles. The van der Waals surface area contributed by atoms with E-state index in [-0.39, 0.29) is 0 Å². The summed E-state index contributed by atoms with van der Waals surface area (Å²) in [6, 6.07) is 8.41. The van der Waals surface area contributed by atoms with Gasteiger partial charge in [0.15, 0.2) is 0 Å². The van der Waals surface area contributed by atoms with Crippen LogP contribution in [0, 0.1) is 0 Å². The smallest absolute Gasteiger partial charge is 0.0508 e. The van der Waals surface area contributed by atoms with Gasteiger partial charge in [-0.2, -0.15) is 0 Å². The summed E-state index contributed by atoms with van der Waals surface area (Å²) in [5.41, 5.74) is 1.37. The molecule has 0 bridgehead atoms. The fourth-order valence-electron chi connectivity index (χ4n) is 0.877. The van der Waals surface area contributed by atoms with Crippen molar-refractivity contribution in [1.29, 1.82) is 0 Å². The minimum Gasteiger partial charge on any atom is -0.314 e. The van der Waals surface area contributed by atoms with Crippen LogP contribution in [-0.4, -0.2) is 7.11 Å². The minimum absolute atomic E-state index is 1.10. The van der Waals surface area contributed by atoms with Crippen molar-refractivity contribution in [3.05, 3.63) is 29.8 Å². The highest BCUT2D eigenvalue weighted by molar-refractivity contribution is 7.94. The first-order valence-electron chi connectivity index (χ1n) is 3.66. The minimum atomic E-state index is 1.10. The summed E-state index contributed by atoms with van der Waals surface area (Å²) in [6.07, 6.45) is 1.10. The maximum atomic E-state index is 4.92. The molecular formula is C9H12OS. The molecule has 1 aromatic rings. The van der Waals surface area contributed by atoms with Gasteiger partial charge < -0.3 is 4.18 Å². The van der Waals surface area contributed by atoms with Crippen molar-refractivity contribution >= 4 is 12.0 Å². The van der Waals surface area contributed by atoms with Crippen LogP contribution < -0.4 is 0 Å². The second kappa shape index (κ2) is 4.42. The fourth-order valence-corrected chi connectivity index (χ4v) is 1.32. The summed E-state index contributed by atoms with van der Waals surface area (Å²) < 4.78 is 4.92. The van der Waals surface area contributed by atoms with E-state index >= 15 is 0 Å². The number of benzene rings is 1. The van der Waals surface area contributed by atoms with Crippen LogP contribution in [0.5, 0.6) is 0 Å². The number of aryl methyl sites for hydroxylation is 1. The predicted octanol–water partition coefficient (Wildman–Crippen LogP) is 2.90. The van der Waals surface area contributed by atoms with Crippen LogP contribution in [0.2, 0.25) is 0 Å². The summed E-state index contributed by atoms with van der Waals surface area (Å²) in [5.74, 6) is 0. The van der Waals surface area contributed by atoms with Crippen molar-refractivity contribution in [3.8, 4) is 0 Å². The van der Waals surface area contributed by atoms with E-state index in [1.807, 2.05) is 0 Å². The zero-order valence-electron chi connectivity index (χ0n) is 6.83. The van der Waals surface area contributed by atoms with Crippen LogP contribution in [0.15, 0.2) is 29.2 Å². The van der Waals surface area contributed by atoms with E-state index in [0.717, 1.165) is 11.3 Å². The summed E-state index contributed by atoms with van der Waals surface area (Å²) in [5, 5.41) is 0. The van der Waals surface area contributed by atoms with E-state index in [0.29, 0.717) is 0 Å². The maximum absolute atomic E-state index is 4.92. The van der Waals surface area contributed by atoms with Crippen LogP contribution in [-0.2, 0) is 10.6 Å². The Morgan fingerprint density at radius 1 is 1.27 bits per heavy atom. The van der Waals surface area contributed by atoms with Crippen LogP contribution >= 0.6 is 12.0 Å². The molecule has 1 aromatic carbocycles. The Morgan fingerprint density at radius 2 is 1.91 bits per heavy atom. The molecule has 0 fully saturated rings. The molecule has 0 atom stereocenters. The molecule has 0 spiro atoms. The molecule has 60 valence electrons. The molecule has 0 saturated carbocycles. The van der Waals surface area contributed by atoms with Gasteiger partial charge in [0.2, 0.25) is 0 Å². The monoisotopic (exact) mass is 168 g/mol. The summed E-state index contributed by atoms with van der Waals surface area (Å²) in [6.45, 7) is 2.15. The second-order valence-corrected chi connectivity index (χ2v) is 3.22. The van der Waals surface area contributed by atoms with E-state index in [4.69, 9.17) is 4.18 Å². The third-order valence-corrected chi connectivity index (χ3v) is 2.14. The quantitative estimate of drug-likeness (QED) is 0.642. The maximum Gasteiger partial charge on any atom is 0.0508 e. The Hall–Kier alpha value is -0.470. The Bertz CT molecular complexity index is 205. The van der Waals surface area contributed by atoms with Gasteiger partial charge in [-0.1, -0.05) is 19.1 Å². The zero-order valence-corrected chi connectivity index (χ0v) is 7.65. The summed E-state index contributed by atoms with van der Waals surface area (Å²) in [4.78, 5) is 1.16. The van der Waals surface area contributed by atoms with Crippen molar-refractivity contribution in [2.75, 3.05) is 7.11 Å². The van der Waals surface area contributed by atoms with Gasteiger partial charge in [0.1, 0.15) is 0 Å². The molecule has 1 rings (SSSR count). The average molecular weight is 168 g/mol. The lowest BCUT2D eigenvalue weighted by atomic mass is 10.2. The molecule has 0 amide bonds. The van der Waals surface area contributed by atoms with Gasteiger partial charge in [-0.25, -0.2) is 0 Å². The van der Waals surface area contributed by atoms with Gasteiger partial charge in [0.05, 0.1) is 7.11 Å². The van der Waals surface area contributed by atoms with Crippen molar-refractivity contribution in [2.24, 2.45) is 0 Å². The van der Waals surface area contributed by atoms with E-state index in [1.165, 1.54) is 17.6 Å².